The van der Waals surface area contributed by atoms with Gasteiger partial charge in [0.1, 0.15) is 0 Å². The minimum Gasteiger partial charge on any atom is -0.390 e. The van der Waals surface area contributed by atoms with Crippen LogP contribution in [0.15, 0.2) is 0 Å². The average Bonchev–Trinajstić information content (AvgIpc) is 4.16. The van der Waals surface area contributed by atoms with Crippen molar-refractivity contribution in [1.82, 2.24) is 9.80 Å². The number of nitrogens with two attached hydrogens (primary N) is 3. The van der Waals surface area contributed by atoms with Gasteiger partial charge in [-0.25, -0.2) is 0 Å². The Labute approximate surface area is 391 Å². The van der Waals surface area contributed by atoms with E-state index in [1.807, 2.05) is 4.90 Å². The molecule has 11 N–H and O–H groups in total. The van der Waals surface area contributed by atoms with Gasteiger partial charge in [0.2, 0.25) is 11.8 Å². The Morgan fingerprint density at radius 1 is 0.470 bits per heavy atom. The molecule has 0 aromatic heterocycles. The van der Waals surface area contributed by atoms with Gasteiger partial charge in [-0.15, -0.1) is 0 Å². The molecule has 2 saturated heterocycles. The van der Waals surface area contributed by atoms with Gasteiger partial charge in [0.15, 0.2) is 5.78 Å². The van der Waals surface area contributed by atoms with Crippen molar-refractivity contribution < 1.29 is 39.9 Å². The van der Waals surface area contributed by atoms with E-state index in [2.05, 4.69) is 11.8 Å². The highest BCUT2D eigenvalue weighted by Crippen LogP contribution is 2.67. The van der Waals surface area contributed by atoms with E-state index >= 15 is 0 Å². The van der Waals surface area contributed by atoms with Gasteiger partial charge >= 0.3 is 0 Å². The molecule has 66 heavy (non-hydrogen) atoms. The molecule has 13 nitrogen and oxygen atoms in total. The number of hydrogen-bond donors (Lipinski definition) is 8. The van der Waals surface area contributed by atoms with Crippen LogP contribution in [0, 0.1) is 75.4 Å². The van der Waals surface area contributed by atoms with Crippen molar-refractivity contribution in [3.63, 3.8) is 0 Å². The SMILES string of the molecule is C[C@@H]1C[C@@H]2CC2C1C(=O)[C@@H](N)C12CC3CC(O)(CC(O)(C3)C1)C2.N[C@H](C(=O)N1CC[C@@H]2CC21)C12CC3CC(CC(O)(C3)C1)C2.N[C@H](C(=O)N1CC[C@@H]2CC21)C12CC3CC(O)(CC(O)(C3)C1)C2. The van der Waals surface area contributed by atoms with Crippen molar-refractivity contribution in [2.75, 3.05) is 13.1 Å². The van der Waals surface area contributed by atoms with E-state index in [4.69, 9.17) is 17.2 Å². The lowest BCUT2D eigenvalue weighted by Gasteiger charge is -2.64. The predicted octanol–water partition coefficient (Wildman–Crippen LogP) is 3.27. The van der Waals surface area contributed by atoms with Gasteiger partial charge in [-0.05, 0) is 205 Å². The fraction of sp³-hybridized carbons (Fsp3) is 0.943. The summed E-state index contributed by atoms with van der Waals surface area (Å²) in [5.41, 5.74) is 15.0. The quantitative estimate of drug-likeness (QED) is 0.185. The number of piperidine rings is 2. The molecule has 12 bridgehead atoms. The number of rotatable bonds is 7. The Morgan fingerprint density at radius 2 is 0.879 bits per heavy atom. The highest BCUT2D eigenvalue weighted by molar-refractivity contribution is 5.88. The highest BCUT2D eigenvalue weighted by Gasteiger charge is 2.68. The van der Waals surface area contributed by atoms with E-state index in [-0.39, 0.29) is 40.4 Å². The molecule has 18 rings (SSSR count). The van der Waals surface area contributed by atoms with Crippen LogP contribution in [-0.2, 0) is 14.4 Å². The van der Waals surface area contributed by atoms with Gasteiger partial charge in [-0.1, -0.05) is 6.92 Å². The second-order valence-electron chi connectivity index (χ2n) is 28.2. The van der Waals surface area contributed by atoms with Crippen LogP contribution >= 0.6 is 0 Å². The number of carbonyl (C=O) groups excluding carboxylic acids is 3. The molecule has 18 fully saturated rings. The minimum atomic E-state index is -0.806. The van der Waals surface area contributed by atoms with E-state index < -0.39 is 45.5 Å². The zero-order valence-electron chi connectivity index (χ0n) is 39.6. The van der Waals surface area contributed by atoms with E-state index in [1.165, 1.54) is 32.1 Å². The molecule has 0 radical (unpaired) electrons. The lowest BCUT2D eigenvalue weighted by Crippen LogP contribution is -2.69. The number of ketones is 1. The van der Waals surface area contributed by atoms with Crippen LogP contribution < -0.4 is 17.2 Å². The fourth-order valence-corrected chi connectivity index (χ4v) is 21.4. The second-order valence-corrected chi connectivity index (χ2v) is 28.2. The first-order valence-electron chi connectivity index (χ1n) is 27.1. The maximum Gasteiger partial charge on any atom is 0.240 e. The number of likely N-dealkylation sites (tertiary alicyclic amines) is 2. The summed E-state index contributed by atoms with van der Waals surface area (Å²) in [6.07, 6.45) is 21.3. The Balaban J connectivity index is 0.0000000989. The van der Waals surface area contributed by atoms with E-state index in [0.29, 0.717) is 92.0 Å². The number of fused-ring (bicyclic) bond motifs is 3. The van der Waals surface area contributed by atoms with E-state index in [9.17, 15) is 39.9 Å². The van der Waals surface area contributed by atoms with Crippen LogP contribution in [0.5, 0.6) is 0 Å². The third-order valence-corrected chi connectivity index (χ3v) is 22.7. The van der Waals surface area contributed by atoms with Crippen LogP contribution in [-0.4, -0.2) is 124 Å². The van der Waals surface area contributed by atoms with Gasteiger partial charge in [-0.3, -0.25) is 14.4 Å². The van der Waals surface area contributed by atoms with Crippen LogP contribution in [0.3, 0.4) is 0 Å². The number of Topliss-reactive ketones (excluding diaryl/α,β-unsaturated/α-hetero) is 1. The number of amides is 2. The van der Waals surface area contributed by atoms with Crippen LogP contribution in [0.25, 0.3) is 0 Å². The molecule has 2 heterocycles. The van der Waals surface area contributed by atoms with Crippen molar-refractivity contribution in [1.29, 1.82) is 0 Å². The predicted molar refractivity (Wildman–Crippen MR) is 243 cm³/mol. The summed E-state index contributed by atoms with van der Waals surface area (Å²) in [6.45, 7) is 3.95. The first-order chi connectivity index (χ1) is 31.0. The Morgan fingerprint density at radius 3 is 1.26 bits per heavy atom. The molecule has 13 heteroatoms. The summed E-state index contributed by atoms with van der Waals surface area (Å²) in [4.78, 5) is 43.2. The monoisotopic (exact) mass is 916 g/mol. The van der Waals surface area contributed by atoms with Gasteiger partial charge in [0.05, 0.1) is 46.1 Å². The van der Waals surface area contributed by atoms with Crippen molar-refractivity contribution in [3.8, 4) is 0 Å². The zero-order chi connectivity index (χ0) is 45.9. The third-order valence-electron chi connectivity index (χ3n) is 22.7. The smallest absolute Gasteiger partial charge is 0.240 e. The first-order valence-corrected chi connectivity index (χ1v) is 27.1. The summed E-state index contributed by atoms with van der Waals surface area (Å²) in [7, 11) is 0. The molecule has 17 atom stereocenters. The van der Waals surface area contributed by atoms with E-state index in [1.54, 1.807) is 0 Å². The largest absolute Gasteiger partial charge is 0.390 e. The fourth-order valence-electron chi connectivity index (χ4n) is 21.4. The zero-order valence-corrected chi connectivity index (χ0v) is 39.6. The molecular formula is C53H81N5O8. The average molecular weight is 916 g/mol. The standard InChI is InChI=1S/C19H29NO3.C17H26N2O3.C17H26N2O2/c1-10-2-12-3-13(12)14(10)15(21)16(20)17-4-11-5-18(22,7-17)9-19(23,6-11)8-17;18-13(14(20)19-2-1-11-3-12(11)19)15-4-10-5-16(21,7-15)9-17(22,6-10)8-15;18-14(15(20)19-2-1-12-4-13(12)19)16-5-10-3-11(6-16)8-17(21,7-10)9-16/h10-14,16,22-23H,2-9,20H2,1H3;10-13,21-22H,1-9,18H2;10-14,21H,1-9,18H2/t10-,11?,12-,13?,14?,16-,17?,18?,19?;10?,11-,12?,13-,15?,16?,17?;10?,11?,12-,13?,14-,16?,17?/m111/s1. The molecule has 366 valence electrons. The van der Waals surface area contributed by atoms with Crippen LogP contribution in [0.4, 0.5) is 0 Å². The minimum absolute atomic E-state index is 0.0687. The summed E-state index contributed by atoms with van der Waals surface area (Å²) in [5, 5.41) is 54.4. The number of hydrogen-bond acceptors (Lipinski definition) is 11. The summed E-state index contributed by atoms with van der Waals surface area (Å²) >= 11 is 0. The highest BCUT2D eigenvalue weighted by atomic mass is 16.3. The second kappa shape index (κ2) is 14.0. The molecular weight excluding hydrogens is 835 g/mol. The van der Waals surface area contributed by atoms with Crippen molar-refractivity contribution in [2.45, 2.75) is 219 Å². The van der Waals surface area contributed by atoms with Gasteiger partial charge < -0.3 is 52.5 Å². The molecule has 16 saturated carbocycles. The van der Waals surface area contributed by atoms with Crippen molar-refractivity contribution in [3.05, 3.63) is 0 Å². The lowest BCUT2D eigenvalue weighted by atomic mass is 9.44. The molecule has 2 aliphatic heterocycles. The first kappa shape index (κ1) is 44.2. The summed E-state index contributed by atoms with van der Waals surface area (Å²) in [5.74, 6) is 5.73. The molecule has 2 amide bonds. The van der Waals surface area contributed by atoms with Gasteiger partial charge in [0, 0.05) is 49.3 Å². The normalized spacial score (nSPS) is 57.2. The topological polar surface area (TPSA) is 237 Å². The number of carbonyl (C=O) groups is 3. The summed E-state index contributed by atoms with van der Waals surface area (Å²) in [6, 6.07) is -0.516. The molecule has 10 unspecified atom stereocenters. The molecule has 0 aromatic rings. The van der Waals surface area contributed by atoms with Gasteiger partial charge in [0.25, 0.3) is 0 Å². The molecule has 0 aromatic carbocycles. The maximum atomic E-state index is 13.2. The van der Waals surface area contributed by atoms with Crippen LogP contribution in [0.2, 0.25) is 0 Å². The van der Waals surface area contributed by atoms with E-state index in [0.717, 1.165) is 108 Å². The molecule has 0 spiro atoms. The van der Waals surface area contributed by atoms with Crippen LogP contribution in [0.1, 0.15) is 161 Å². The number of aliphatic hydroxyl groups is 5. The Hall–Kier alpha value is -1.71. The molecule has 18 aliphatic rings. The third kappa shape index (κ3) is 6.89. The van der Waals surface area contributed by atoms with Gasteiger partial charge in [-0.2, -0.15) is 0 Å². The van der Waals surface area contributed by atoms with Crippen molar-refractivity contribution in [2.24, 2.45) is 92.6 Å². The molecule has 16 aliphatic carbocycles. The summed E-state index contributed by atoms with van der Waals surface area (Å²) < 4.78 is 0. The number of nitrogens with zero attached hydrogens (tertiary/aromatic N) is 2. The van der Waals surface area contributed by atoms with Crippen molar-refractivity contribution >= 4 is 17.6 Å². The lowest BCUT2D eigenvalue weighted by molar-refractivity contribution is -0.235. The maximum absolute atomic E-state index is 13.2. The Bertz CT molecular complexity index is 2030. The Kier molecular flexibility index (Phi) is 9.41.